The molecule has 0 bridgehead atoms. The molecule has 2 aromatic carbocycles. The van der Waals surface area contributed by atoms with Crippen LogP contribution in [0, 0.1) is 0 Å². The van der Waals surface area contributed by atoms with Gasteiger partial charge in [-0.1, -0.05) is 31.4 Å². The normalized spacial score (nSPS) is 18.2. The van der Waals surface area contributed by atoms with Gasteiger partial charge < -0.3 is 20.1 Å². The van der Waals surface area contributed by atoms with E-state index < -0.39 is 16.1 Å². The molecule has 9 nitrogen and oxygen atoms in total. The van der Waals surface area contributed by atoms with Crippen molar-refractivity contribution in [3.63, 3.8) is 0 Å². The topological polar surface area (TPSA) is 111 Å². The van der Waals surface area contributed by atoms with Crippen LogP contribution in [0.4, 0.5) is 10.5 Å². The lowest BCUT2D eigenvalue weighted by atomic mass is 9.95. The monoisotopic (exact) mass is 572 g/mol. The molecule has 0 radical (unpaired) electrons. The number of carbonyl (C=O) groups excluding carboxylic acids is 1. The van der Waals surface area contributed by atoms with Crippen LogP contribution in [0.3, 0.4) is 0 Å². The molecule has 1 atom stereocenters. The summed E-state index contributed by atoms with van der Waals surface area (Å²) >= 11 is 0. The van der Waals surface area contributed by atoms with Crippen molar-refractivity contribution >= 4 is 21.7 Å². The number of sulfonamides is 1. The van der Waals surface area contributed by atoms with Crippen LogP contribution in [0.2, 0.25) is 0 Å². The van der Waals surface area contributed by atoms with E-state index in [0.717, 1.165) is 51.6 Å². The number of likely N-dealkylation sites (tertiary alicyclic amines) is 1. The van der Waals surface area contributed by atoms with E-state index >= 15 is 0 Å². The van der Waals surface area contributed by atoms with E-state index in [2.05, 4.69) is 27.1 Å². The SMILES string of the molecule is CC(O)CCN(C(=O)NC1CCCCC1)C1CCN(Cc2ccc(Oc3ccc(NS(C)(=O)=O)cc3)cc2)CC1. The maximum atomic E-state index is 13.2. The van der Waals surface area contributed by atoms with Crippen LogP contribution in [0.25, 0.3) is 0 Å². The molecule has 10 heteroatoms. The van der Waals surface area contributed by atoms with Crippen LogP contribution >= 0.6 is 0 Å². The lowest BCUT2D eigenvalue weighted by Gasteiger charge is -2.39. The third kappa shape index (κ3) is 9.67. The van der Waals surface area contributed by atoms with Gasteiger partial charge in [-0.05, 0) is 81.0 Å². The highest BCUT2D eigenvalue weighted by atomic mass is 32.2. The van der Waals surface area contributed by atoms with Crippen molar-refractivity contribution in [2.24, 2.45) is 0 Å². The Morgan fingerprint density at radius 3 is 2.17 bits per heavy atom. The van der Waals surface area contributed by atoms with E-state index in [9.17, 15) is 18.3 Å². The first-order chi connectivity index (χ1) is 19.1. The zero-order valence-corrected chi connectivity index (χ0v) is 24.5. The summed E-state index contributed by atoms with van der Waals surface area (Å²) in [5, 5.41) is 13.1. The summed E-state index contributed by atoms with van der Waals surface area (Å²) in [6, 6.07) is 15.3. The largest absolute Gasteiger partial charge is 0.457 e. The molecule has 0 aromatic heterocycles. The van der Waals surface area contributed by atoms with E-state index in [1.54, 1.807) is 31.2 Å². The highest BCUT2D eigenvalue weighted by Gasteiger charge is 2.29. The van der Waals surface area contributed by atoms with Gasteiger partial charge in [0.15, 0.2) is 0 Å². The number of urea groups is 1. The number of anilines is 1. The lowest BCUT2D eigenvalue weighted by molar-refractivity contribution is 0.0997. The quantitative estimate of drug-likeness (QED) is 0.352. The van der Waals surface area contributed by atoms with Crippen molar-refractivity contribution in [1.29, 1.82) is 0 Å². The number of carbonyl (C=O) groups is 1. The van der Waals surface area contributed by atoms with Crippen molar-refractivity contribution in [1.82, 2.24) is 15.1 Å². The molecule has 1 heterocycles. The second-order valence-corrected chi connectivity index (χ2v) is 13.0. The molecule has 40 heavy (non-hydrogen) atoms. The predicted molar refractivity (Wildman–Crippen MR) is 158 cm³/mol. The van der Waals surface area contributed by atoms with E-state index in [1.807, 2.05) is 17.0 Å². The Morgan fingerprint density at radius 1 is 1.00 bits per heavy atom. The smallest absolute Gasteiger partial charge is 0.317 e. The highest BCUT2D eigenvalue weighted by Crippen LogP contribution is 2.25. The highest BCUT2D eigenvalue weighted by molar-refractivity contribution is 7.92. The van der Waals surface area contributed by atoms with Gasteiger partial charge in [0.25, 0.3) is 0 Å². The van der Waals surface area contributed by atoms with Crippen LogP contribution in [-0.4, -0.2) is 73.4 Å². The lowest BCUT2D eigenvalue weighted by Crippen LogP contribution is -2.53. The van der Waals surface area contributed by atoms with Gasteiger partial charge in [-0.3, -0.25) is 9.62 Å². The molecule has 0 spiro atoms. The Morgan fingerprint density at radius 2 is 1.60 bits per heavy atom. The van der Waals surface area contributed by atoms with Crippen molar-refractivity contribution in [3.8, 4) is 11.5 Å². The molecule has 2 aromatic rings. The van der Waals surface area contributed by atoms with Crippen LogP contribution in [0.5, 0.6) is 11.5 Å². The van der Waals surface area contributed by atoms with E-state index in [-0.39, 0.29) is 18.1 Å². The van der Waals surface area contributed by atoms with Crippen LogP contribution in [0.1, 0.15) is 63.9 Å². The first-order valence-corrected chi connectivity index (χ1v) is 16.4. The minimum atomic E-state index is -3.31. The van der Waals surface area contributed by atoms with Gasteiger partial charge in [0.1, 0.15) is 11.5 Å². The molecule has 1 saturated heterocycles. The Hall–Kier alpha value is -2.82. The molecule has 220 valence electrons. The van der Waals surface area contributed by atoms with Gasteiger partial charge >= 0.3 is 6.03 Å². The minimum absolute atomic E-state index is 0.0305. The Bertz CT molecular complexity index is 1170. The summed E-state index contributed by atoms with van der Waals surface area (Å²) in [4.78, 5) is 17.6. The number of aliphatic hydroxyl groups excluding tert-OH is 1. The molecule has 1 saturated carbocycles. The standard InChI is InChI=1S/C30H44N4O5S/c1-23(35)16-21-34(30(36)31-25-6-4-3-5-7-25)27-17-19-33(20-18-27)22-24-8-12-28(13-9-24)39-29-14-10-26(11-15-29)32-40(2,37)38/h8-15,23,25,27,32,35H,3-7,16-22H2,1-2H3,(H,31,36). The van der Waals surface area contributed by atoms with E-state index in [1.165, 1.54) is 24.8 Å². The fourth-order valence-corrected chi connectivity index (χ4v) is 6.10. The Kier molecular flexibility index (Phi) is 10.7. The van der Waals surface area contributed by atoms with Gasteiger partial charge in [0, 0.05) is 44.0 Å². The molecular weight excluding hydrogens is 528 g/mol. The molecular formula is C30H44N4O5S. The number of nitrogens with zero attached hydrogens (tertiary/aromatic N) is 2. The number of benzene rings is 2. The molecule has 4 rings (SSSR count). The summed E-state index contributed by atoms with van der Waals surface area (Å²) in [5.41, 5.74) is 1.68. The molecule has 2 aliphatic rings. The van der Waals surface area contributed by atoms with Gasteiger partial charge in [0.2, 0.25) is 10.0 Å². The number of amides is 2. The maximum absolute atomic E-state index is 13.2. The summed E-state index contributed by atoms with van der Waals surface area (Å²) in [5.74, 6) is 1.34. The molecule has 2 fully saturated rings. The second-order valence-electron chi connectivity index (χ2n) is 11.3. The number of ether oxygens (including phenoxy) is 1. The first kappa shape index (κ1) is 30.1. The maximum Gasteiger partial charge on any atom is 0.317 e. The first-order valence-electron chi connectivity index (χ1n) is 14.5. The van der Waals surface area contributed by atoms with Crippen molar-refractivity contribution in [2.45, 2.75) is 83.0 Å². The number of rotatable bonds is 11. The van der Waals surface area contributed by atoms with Gasteiger partial charge in [-0.15, -0.1) is 0 Å². The number of hydrogen-bond acceptors (Lipinski definition) is 6. The summed E-state index contributed by atoms with van der Waals surface area (Å²) in [7, 11) is -3.31. The zero-order chi connectivity index (χ0) is 28.5. The van der Waals surface area contributed by atoms with Gasteiger partial charge in [-0.25, -0.2) is 13.2 Å². The van der Waals surface area contributed by atoms with Gasteiger partial charge in [0.05, 0.1) is 12.4 Å². The molecule has 1 aliphatic heterocycles. The Labute approximate surface area is 238 Å². The van der Waals surface area contributed by atoms with Crippen molar-refractivity contribution in [2.75, 3.05) is 30.6 Å². The third-order valence-electron chi connectivity index (χ3n) is 7.70. The van der Waals surface area contributed by atoms with Gasteiger partial charge in [-0.2, -0.15) is 0 Å². The summed E-state index contributed by atoms with van der Waals surface area (Å²) < 4.78 is 31.1. The fraction of sp³-hybridized carbons (Fsp3) is 0.567. The van der Waals surface area contributed by atoms with Crippen LogP contribution in [-0.2, 0) is 16.6 Å². The average molecular weight is 573 g/mol. The fourth-order valence-electron chi connectivity index (χ4n) is 5.53. The molecule has 3 N–H and O–H groups in total. The van der Waals surface area contributed by atoms with Crippen LogP contribution < -0.4 is 14.8 Å². The number of nitrogens with one attached hydrogen (secondary N) is 2. The summed E-state index contributed by atoms with van der Waals surface area (Å²) in [6.07, 6.45) is 8.87. The van der Waals surface area contributed by atoms with E-state index in [0.29, 0.717) is 30.2 Å². The van der Waals surface area contributed by atoms with E-state index in [4.69, 9.17) is 4.74 Å². The molecule has 1 unspecified atom stereocenters. The summed E-state index contributed by atoms with van der Waals surface area (Å²) in [6.45, 7) is 5.03. The predicted octanol–water partition coefficient (Wildman–Crippen LogP) is 4.93. The third-order valence-corrected chi connectivity index (χ3v) is 8.31. The number of hydrogen-bond donors (Lipinski definition) is 3. The second kappa shape index (κ2) is 14.2. The number of aliphatic hydroxyl groups is 1. The van der Waals surface area contributed by atoms with Crippen LogP contribution in [0.15, 0.2) is 48.5 Å². The average Bonchev–Trinajstić information content (AvgIpc) is 2.91. The van der Waals surface area contributed by atoms with Crippen molar-refractivity contribution in [3.05, 3.63) is 54.1 Å². The minimum Gasteiger partial charge on any atom is -0.457 e. The molecule has 1 aliphatic carbocycles. The molecule has 2 amide bonds. The number of piperidine rings is 1. The zero-order valence-electron chi connectivity index (χ0n) is 23.7. The van der Waals surface area contributed by atoms with Crippen molar-refractivity contribution < 1.29 is 23.1 Å². The Balaban J connectivity index is 1.26.